The van der Waals surface area contributed by atoms with Gasteiger partial charge in [-0.15, -0.1) is 0 Å². The lowest BCUT2D eigenvalue weighted by molar-refractivity contribution is 0.0857. The predicted molar refractivity (Wildman–Crippen MR) is 95.1 cm³/mol. The molecule has 0 aromatic carbocycles. The van der Waals surface area contributed by atoms with Crippen LogP contribution < -0.4 is 10.6 Å². The minimum Gasteiger partial charge on any atom is -0.346 e. The molecule has 136 valence electrons. The highest BCUT2D eigenvalue weighted by Crippen LogP contribution is 2.19. The van der Waals surface area contributed by atoms with Crippen molar-refractivity contribution in [2.45, 2.75) is 37.8 Å². The molecule has 0 bridgehead atoms. The summed E-state index contributed by atoms with van der Waals surface area (Å²) >= 11 is 11.6. The first kappa shape index (κ1) is 18.5. The molecule has 0 spiro atoms. The number of nitrogens with one attached hydrogen (secondary N) is 2. The summed E-state index contributed by atoms with van der Waals surface area (Å²) in [7, 11) is 0. The third-order valence-corrected chi connectivity index (χ3v) is 4.44. The molecular formula is C16H16Cl2N6O2. The Morgan fingerprint density at radius 3 is 1.62 bits per heavy atom. The third-order valence-electron chi connectivity index (χ3n) is 4.07. The summed E-state index contributed by atoms with van der Waals surface area (Å²) in [5.41, 5.74) is 0.266. The Morgan fingerprint density at radius 2 is 1.23 bits per heavy atom. The first-order valence-corrected chi connectivity index (χ1v) is 8.85. The fourth-order valence-electron chi connectivity index (χ4n) is 2.86. The van der Waals surface area contributed by atoms with Crippen molar-refractivity contribution in [3.05, 3.63) is 46.5 Å². The fourth-order valence-corrected chi connectivity index (χ4v) is 3.16. The molecule has 2 atom stereocenters. The summed E-state index contributed by atoms with van der Waals surface area (Å²) in [5.74, 6) is -0.762. The largest absolute Gasteiger partial charge is 0.346 e. The van der Waals surface area contributed by atoms with Crippen LogP contribution in [-0.4, -0.2) is 43.8 Å². The molecule has 1 fully saturated rings. The van der Waals surface area contributed by atoms with Crippen LogP contribution in [0.25, 0.3) is 0 Å². The van der Waals surface area contributed by atoms with Gasteiger partial charge in [-0.2, -0.15) is 0 Å². The molecule has 0 unspecified atom stereocenters. The number of amides is 2. The van der Waals surface area contributed by atoms with Gasteiger partial charge in [0.25, 0.3) is 11.8 Å². The summed E-state index contributed by atoms with van der Waals surface area (Å²) < 4.78 is 0. The molecule has 2 aromatic rings. The molecular weight excluding hydrogens is 379 g/mol. The van der Waals surface area contributed by atoms with Gasteiger partial charge in [0, 0.05) is 12.1 Å². The summed E-state index contributed by atoms with van der Waals surface area (Å²) in [6.07, 6.45) is 8.79. The summed E-state index contributed by atoms with van der Waals surface area (Å²) in [6.45, 7) is 0. The van der Waals surface area contributed by atoms with Gasteiger partial charge in [-0.1, -0.05) is 36.0 Å². The first-order valence-electron chi connectivity index (χ1n) is 8.10. The van der Waals surface area contributed by atoms with Crippen molar-refractivity contribution >= 4 is 35.0 Å². The summed E-state index contributed by atoms with van der Waals surface area (Å²) in [6, 6.07) is -0.457. The van der Waals surface area contributed by atoms with E-state index in [1.54, 1.807) is 0 Å². The molecule has 8 nitrogen and oxygen atoms in total. The second-order valence-corrected chi connectivity index (χ2v) is 6.67. The van der Waals surface area contributed by atoms with Gasteiger partial charge in [0.1, 0.15) is 21.7 Å². The maximum Gasteiger partial charge on any atom is 0.271 e. The van der Waals surface area contributed by atoms with E-state index in [9.17, 15) is 9.59 Å². The normalized spacial score (nSPS) is 19.6. The van der Waals surface area contributed by atoms with Crippen molar-refractivity contribution in [1.29, 1.82) is 0 Å². The molecule has 26 heavy (non-hydrogen) atoms. The maximum absolute atomic E-state index is 12.4. The Kier molecular flexibility index (Phi) is 5.95. The molecule has 0 radical (unpaired) electrons. The van der Waals surface area contributed by atoms with Gasteiger partial charge < -0.3 is 10.6 Å². The SMILES string of the molecule is O=C(N[C@H]1CCCC[C@H]1NC(=O)c1cncc(Cl)n1)c1cncc(Cl)n1. The zero-order valence-corrected chi connectivity index (χ0v) is 15.2. The van der Waals surface area contributed by atoms with Crippen LogP contribution in [0.1, 0.15) is 46.7 Å². The molecule has 10 heteroatoms. The van der Waals surface area contributed by atoms with E-state index in [0.717, 1.165) is 25.7 Å². The molecule has 3 rings (SSSR count). The zero-order valence-electron chi connectivity index (χ0n) is 13.7. The van der Waals surface area contributed by atoms with Crippen molar-refractivity contribution in [3.8, 4) is 0 Å². The minimum atomic E-state index is -0.381. The second-order valence-electron chi connectivity index (χ2n) is 5.90. The van der Waals surface area contributed by atoms with Gasteiger partial charge in [-0.05, 0) is 12.8 Å². The number of rotatable bonds is 4. The van der Waals surface area contributed by atoms with E-state index in [2.05, 4.69) is 30.6 Å². The molecule has 0 saturated heterocycles. The van der Waals surface area contributed by atoms with Gasteiger partial charge in [0.2, 0.25) is 0 Å². The van der Waals surface area contributed by atoms with Crippen molar-refractivity contribution in [2.24, 2.45) is 0 Å². The number of carbonyl (C=O) groups is 2. The van der Waals surface area contributed by atoms with E-state index in [-0.39, 0.29) is 45.6 Å². The highest BCUT2D eigenvalue weighted by Gasteiger charge is 2.29. The van der Waals surface area contributed by atoms with Gasteiger partial charge in [-0.25, -0.2) is 9.97 Å². The minimum absolute atomic E-state index is 0.133. The first-order chi connectivity index (χ1) is 12.5. The van der Waals surface area contributed by atoms with E-state index in [1.807, 2.05) is 0 Å². The highest BCUT2D eigenvalue weighted by atomic mass is 35.5. The van der Waals surface area contributed by atoms with E-state index in [4.69, 9.17) is 23.2 Å². The van der Waals surface area contributed by atoms with Crippen LogP contribution >= 0.6 is 23.2 Å². The van der Waals surface area contributed by atoms with Crippen LogP contribution in [0.15, 0.2) is 24.8 Å². The van der Waals surface area contributed by atoms with Gasteiger partial charge >= 0.3 is 0 Å². The van der Waals surface area contributed by atoms with E-state index in [1.165, 1.54) is 24.8 Å². The second kappa shape index (κ2) is 8.37. The third kappa shape index (κ3) is 4.64. The molecule has 1 aliphatic rings. The molecule has 2 aromatic heterocycles. The quantitative estimate of drug-likeness (QED) is 0.820. The van der Waals surface area contributed by atoms with Gasteiger partial charge in [-0.3, -0.25) is 19.6 Å². The standard InChI is InChI=1S/C16H16Cl2N6O2/c17-13-7-19-5-11(21-13)15(25)23-9-3-1-2-4-10(9)24-16(26)12-6-20-8-14(18)22-12/h5-10H,1-4H2,(H,23,25)(H,24,26)/t9-,10+. The van der Waals surface area contributed by atoms with E-state index < -0.39 is 0 Å². The van der Waals surface area contributed by atoms with E-state index in [0.29, 0.717) is 0 Å². The van der Waals surface area contributed by atoms with Crippen LogP contribution in [0.2, 0.25) is 10.3 Å². The predicted octanol–water partition coefficient (Wildman–Crippen LogP) is 2.04. The lowest BCUT2D eigenvalue weighted by atomic mass is 9.90. The van der Waals surface area contributed by atoms with Crippen molar-refractivity contribution in [3.63, 3.8) is 0 Å². The Balaban J connectivity index is 1.67. The number of nitrogens with zero attached hydrogens (tertiary/aromatic N) is 4. The molecule has 2 heterocycles. The van der Waals surface area contributed by atoms with Gasteiger partial charge in [0.05, 0.1) is 24.8 Å². The van der Waals surface area contributed by atoms with Crippen LogP contribution in [0, 0.1) is 0 Å². The number of hydrogen-bond donors (Lipinski definition) is 2. The number of halogens is 2. The Morgan fingerprint density at radius 1 is 0.808 bits per heavy atom. The van der Waals surface area contributed by atoms with Crippen molar-refractivity contribution < 1.29 is 9.59 Å². The van der Waals surface area contributed by atoms with E-state index >= 15 is 0 Å². The maximum atomic E-state index is 12.4. The lowest BCUT2D eigenvalue weighted by Crippen LogP contribution is -2.53. The fraction of sp³-hybridized carbons (Fsp3) is 0.375. The van der Waals surface area contributed by atoms with Crippen LogP contribution in [0.4, 0.5) is 0 Å². The highest BCUT2D eigenvalue weighted by molar-refractivity contribution is 6.29. The monoisotopic (exact) mass is 394 g/mol. The molecule has 1 saturated carbocycles. The Labute approximate surface area is 159 Å². The molecule has 1 aliphatic carbocycles. The smallest absolute Gasteiger partial charge is 0.271 e. The Bertz CT molecular complexity index is 751. The zero-order chi connectivity index (χ0) is 18.5. The van der Waals surface area contributed by atoms with Crippen molar-refractivity contribution in [1.82, 2.24) is 30.6 Å². The number of hydrogen-bond acceptors (Lipinski definition) is 6. The van der Waals surface area contributed by atoms with Gasteiger partial charge in [0.15, 0.2) is 0 Å². The lowest BCUT2D eigenvalue weighted by Gasteiger charge is -2.32. The van der Waals surface area contributed by atoms with Crippen molar-refractivity contribution in [2.75, 3.05) is 0 Å². The average Bonchev–Trinajstić information content (AvgIpc) is 2.63. The summed E-state index contributed by atoms with van der Waals surface area (Å²) in [4.78, 5) is 40.4. The molecule has 2 amide bonds. The topological polar surface area (TPSA) is 110 Å². The number of carbonyl (C=O) groups excluding carboxylic acids is 2. The summed E-state index contributed by atoms with van der Waals surface area (Å²) in [5, 5.41) is 6.10. The molecule has 0 aliphatic heterocycles. The number of aromatic nitrogens is 4. The van der Waals surface area contributed by atoms with Crippen LogP contribution in [0.3, 0.4) is 0 Å². The molecule has 2 N–H and O–H groups in total. The van der Waals surface area contributed by atoms with Crippen LogP contribution in [0.5, 0.6) is 0 Å². The van der Waals surface area contributed by atoms with Crippen LogP contribution in [-0.2, 0) is 0 Å². The average molecular weight is 395 g/mol. The Hall–Kier alpha value is -2.32.